The summed E-state index contributed by atoms with van der Waals surface area (Å²) in [5.74, 6) is 0.658. The zero-order chi connectivity index (χ0) is 10.6. The monoisotopic (exact) mass is 215 g/mol. The van der Waals surface area contributed by atoms with Crippen LogP contribution in [0.1, 0.15) is 6.92 Å². The molecule has 0 fully saturated rings. The van der Waals surface area contributed by atoms with Crippen LogP contribution in [0.4, 0.5) is 0 Å². The summed E-state index contributed by atoms with van der Waals surface area (Å²) in [5.41, 5.74) is 5.61. The highest BCUT2D eigenvalue weighted by Gasteiger charge is 2.13. The fourth-order valence-corrected chi connectivity index (χ4v) is 1.12. The average Bonchev–Trinajstić information content (AvgIpc) is 2.16. The van der Waals surface area contributed by atoms with E-state index in [0.717, 1.165) is 0 Å². The lowest BCUT2D eigenvalue weighted by atomic mass is 10.2. The number of aliphatic hydroxyl groups is 1. The van der Waals surface area contributed by atoms with E-state index in [1.807, 2.05) is 0 Å². The molecule has 0 radical (unpaired) electrons. The van der Waals surface area contributed by atoms with Gasteiger partial charge in [0.25, 0.3) is 0 Å². The molecular weight excluding hydrogens is 202 g/mol. The number of aliphatic hydroxyl groups excluding tert-OH is 1. The smallest absolute Gasteiger partial charge is 0.136 e. The Kier molecular flexibility index (Phi) is 4.20. The van der Waals surface area contributed by atoms with Crippen LogP contribution in [0, 0.1) is 0 Å². The van der Waals surface area contributed by atoms with Crippen molar-refractivity contribution in [3.8, 4) is 5.75 Å². The van der Waals surface area contributed by atoms with Crippen LogP contribution in [0.15, 0.2) is 24.3 Å². The maximum Gasteiger partial charge on any atom is 0.136 e. The summed E-state index contributed by atoms with van der Waals surface area (Å²) in [7, 11) is 0. The van der Waals surface area contributed by atoms with Gasteiger partial charge in [0.05, 0.1) is 6.61 Å². The molecule has 4 heteroatoms. The van der Waals surface area contributed by atoms with E-state index in [0.29, 0.717) is 10.8 Å². The highest BCUT2D eigenvalue weighted by atomic mass is 35.5. The lowest BCUT2D eigenvalue weighted by Gasteiger charge is -2.20. The van der Waals surface area contributed by atoms with E-state index in [1.165, 1.54) is 0 Å². The topological polar surface area (TPSA) is 55.5 Å². The first-order valence-corrected chi connectivity index (χ1v) is 4.80. The number of halogens is 1. The fourth-order valence-electron chi connectivity index (χ4n) is 0.999. The molecule has 14 heavy (non-hydrogen) atoms. The van der Waals surface area contributed by atoms with E-state index in [-0.39, 0.29) is 18.8 Å². The first-order chi connectivity index (χ1) is 6.63. The van der Waals surface area contributed by atoms with Crippen molar-refractivity contribution in [2.24, 2.45) is 5.73 Å². The molecule has 0 bridgehead atoms. The molecule has 1 aromatic rings. The lowest BCUT2D eigenvalue weighted by Crippen LogP contribution is -2.39. The van der Waals surface area contributed by atoms with Crippen LogP contribution in [-0.2, 0) is 0 Å². The van der Waals surface area contributed by atoms with Crippen LogP contribution in [0.5, 0.6) is 5.75 Å². The minimum Gasteiger partial charge on any atom is -0.486 e. The molecule has 0 saturated carbocycles. The molecule has 3 nitrogen and oxygen atoms in total. The van der Waals surface area contributed by atoms with Crippen molar-refractivity contribution in [2.45, 2.75) is 19.1 Å². The second kappa shape index (κ2) is 5.20. The van der Waals surface area contributed by atoms with Crippen LogP contribution in [0.25, 0.3) is 0 Å². The molecule has 78 valence electrons. The number of hydrogen-bond donors (Lipinski definition) is 2. The zero-order valence-electron chi connectivity index (χ0n) is 7.98. The normalized spacial score (nSPS) is 14.9. The summed E-state index contributed by atoms with van der Waals surface area (Å²) in [6, 6.07) is 6.73. The Balaban J connectivity index is 2.63. The van der Waals surface area contributed by atoms with Crippen LogP contribution < -0.4 is 10.5 Å². The van der Waals surface area contributed by atoms with E-state index in [2.05, 4.69) is 0 Å². The van der Waals surface area contributed by atoms with Crippen molar-refractivity contribution < 1.29 is 9.84 Å². The molecular formula is C10H14ClNO2. The van der Waals surface area contributed by atoms with E-state index in [1.54, 1.807) is 31.2 Å². The van der Waals surface area contributed by atoms with Crippen LogP contribution in [-0.4, -0.2) is 23.9 Å². The van der Waals surface area contributed by atoms with Gasteiger partial charge in [0.2, 0.25) is 0 Å². The molecule has 1 aromatic carbocycles. The Morgan fingerprint density at radius 2 is 2.00 bits per heavy atom. The van der Waals surface area contributed by atoms with Crippen molar-refractivity contribution in [3.05, 3.63) is 29.3 Å². The molecule has 0 heterocycles. The van der Waals surface area contributed by atoms with Gasteiger partial charge in [-0.3, -0.25) is 0 Å². The maximum atomic E-state index is 8.98. The standard InChI is InChI=1S/C10H14ClNO2/c1-7(12)10(6-13)14-9-4-2-8(11)3-5-9/h2-5,7,10,13H,6,12H2,1H3. The van der Waals surface area contributed by atoms with Crippen molar-refractivity contribution in [3.63, 3.8) is 0 Å². The number of rotatable bonds is 4. The van der Waals surface area contributed by atoms with Crippen LogP contribution in [0.3, 0.4) is 0 Å². The predicted octanol–water partition coefficient (Wildman–Crippen LogP) is 1.43. The second-order valence-corrected chi connectivity index (χ2v) is 3.59. The molecule has 2 unspecified atom stereocenters. The minimum absolute atomic E-state index is 0.0969. The molecule has 0 spiro atoms. The summed E-state index contributed by atoms with van der Waals surface area (Å²) in [4.78, 5) is 0. The third-order valence-corrected chi connectivity index (χ3v) is 2.12. The highest BCUT2D eigenvalue weighted by Crippen LogP contribution is 2.17. The Bertz CT molecular complexity index is 274. The summed E-state index contributed by atoms with van der Waals surface area (Å²) in [6.45, 7) is 1.69. The van der Waals surface area contributed by atoms with Crippen LogP contribution in [0.2, 0.25) is 5.02 Å². The van der Waals surface area contributed by atoms with Gasteiger partial charge in [0.1, 0.15) is 11.9 Å². The molecule has 0 aromatic heterocycles. The van der Waals surface area contributed by atoms with Gasteiger partial charge in [-0.1, -0.05) is 11.6 Å². The van der Waals surface area contributed by atoms with Gasteiger partial charge in [-0.2, -0.15) is 0 Å². The SMILES string of the molecule is CC(N)C(CO)Oc1ccc(Cl)cc1. The van der Waals surface area contributed by atoms with E-state index in [9.17, 15) is 0 Å². The highest BCUT2D eigenvalue weighted by molar-refractivity contribution is 6.30. The summed E-state index contributed by atoms with van der Waals surface area (Å²) < 4.78 is 5.45. The lowest BCUT2D eigenvalue weighted by molar-refractivity contribution is 0.0991. The fraction of sp³-hybridized carbons (Fsp3) is 0.400. The molecule has 0 amide bonds. The Morgan fingerprint density at radius 1 is 1.43 bits per heavy atom. The quantitative estimate of drug-likeness (QED) is 0.799. The molecule has 0 aliphatic heterocycles. The van der Waals surface area contributed by atoms with E-state index < -0.39 is 0 Å². The number of ether oxygens (including phenoxy) is 1. The maximum absolute atomic E-state index is 8.98. The Morgan fingerprint density at radius 3 is 2.43 bits per heavy atom. The number of nitrogens with two attached hydrogens (primary N) is 1. The van der Waals surface area contributed by atoms with Gasteiger partial charge in [0, 0.05) is 11.1 Å². The average molecular weight is 216 g/mol. The summed E-state index contributed by atoms with van der Waals surface area (Å²) >= 11 is 5.72. The molecule has 0 aliphatic rings. The number of benzene rings is 1. The van der Waals surface area contributed by atoms with Gasteiger partial charge in [-0.15, -0.1) is 0 Å². The van der Waals surface area contributed by atoms with Crippen LogP contribution >= 0.6 is 11.6 Å². The number of hydrogen-bond acceptors (Lipinski definition) is 3. The van der Waals surface area contributed by atoms with E-state index in [4.69, 9.17) is 27.2 Å². The molecule has 0 saturated heterocycles. The largest absolute Gasteiger partial charge is 0.486 e. The molecule has 3 N–H and O–H groups in total. The first kappa shape index (κ1) is 11.3. The van der Waals surface area contributed by atoms with Gasteiger partial charge in [-0.25, -0.2) is 0 Å². The molecule has 0 aliphatic carbocycles. The van der Waals surface area contributed by atoms with Crippen molar-refractivity contribution in [2.75, 3.05) is 6.61 Å². The van der Waals surface area contributed by atoms with E-state index >= 15 is 0 Å². The zero-order valence-corrected chi connectivity index (χ0v) is 8.74. The second-order valence-electron chi connectivity index (χ2n) is 3.15. The molecule has 1 rings (SSSR count). The minimum atomic E-state index is -0.379. The van der Waals surface area contributed by atoms with Gasteiger partial charge in [-0.05, 0) is 31.2 Å². The Hall–Kier alpha value is -0.770. The van der Waals surface area contributed by atoms with Gasteiger partial charge < -0.3 is 15.6 Å². The summed E-state index contributed by atoms with van der Waals surface area (Å²) in [5, 5.41) is 9.63. The van der Waals surface area contributed by atoms with Crippen molar-refractivity contribution in [1.82, 2.24) is 0 Å². The van der Waals surface area contributed by atoms with Gasteiger partial charge >= 0.3 is 0 Å². The van der Waals surface area contributed by atoms with Gasteiger partial charge in [0.15, 0.2) is 0 Å². The molecule has 2 atom stereocenters. The first-order valence-electron chi connectivity index (χ1n) is 4.42. The van der Waals surface area contributed by atoms with Crippen molar-refractivity contribution >= 4 is 11.6 Å². The third kappa shape index (κ3) is 3.18. The Labute approximate surface area is 88.4 Å². The third-order valence-electron chi connectivity index (χ3n) is 1.87. The predicted molar refractivity (Wildman–Crippen MR) is 56.6 cm³/mol. The summed E-state index contributed by atoms with van der Waals surface area (Å²) in [6.07, 6.45) is -0.379. The van der Waals surface area contributed by atoms with Crippen molar-refractivity contribution in [1.29, 1.82) is 0 Å².